The van der Waals surface area contributed by atoms with Crippen LogP contribution < -0.4 is 16.3 Å². The normalized spacial score (nSPS) is 30.5. The fourth-order valence-corrected chi connectivity index (χ4v) is 1.68. The molecule has 2 rings (SSSR count). The van der Waals surface area contributed by atoms with Gasteiger partial charge in [0.2, 0.25) is 0 Å². The van der Waals surface area contributed by atoms with Crippen molar-refractivity contribution in [2.45, 2.75) is 24.6 Å². The van der Waals surface area contributed by atoms with Crippen molar-refractivity contribution in [3.05, 3.63) is 12.0 Å². The van der Waals surface area contributed by atoms with Crippen molar-refractivity contribution in [3.8, 4) is 0 Å². The number of primary amides is 1. The molecular weight excluding hydrogens is 260 g/mol. The van der Waals surface area contributed by atoms with Gasteiger partial charge in [-0.05, 0) is 0 Å². The third-order valence-corrected chi connectivity index (χ3v) is 2.72. The predicted molar refractivity (Wildman–Crippen MR) is 59.5 cm³/mol. The SMILES string of the molecule is NC(=O)c1ncn(O[C@@H]2O[C@H](CO)[C@@H](O)[C@H]2O)c1N. The first-order valence-corrected chi connectivity index (χ1v) is 5.38. The standard InChI is InChI=1S/C9H14N4O6/c10-7-4(8(11)17)12-2-13(7)19-9-6(16)5(15)3(1-14)18-9/h2-3,5-6,9,14-16H,1,10H2,(H2,11,17)/t3-,5-,6-,9+/m1/s1. The van der Waals surface area contributed by atoms with Crippen molar-refractivity contribution in [1.82, 2.24) is 9.71 Å². The molecule has 0 spiro atoms. The Bertz CT molecular complexity index is 477. The van der Waals surface area contributed by atoms with Crippen molar-refractivity contribution in [2.75, 3.05) is 12.3 Å². The zero-order chi connectivity index (χ0) is 14.2. The van der Waals surface area contributed by atoms with Crippen molar-refractivity contribution in [2.24, 2.45) is 5.73 Å². The van der Waals surface area contributed by atoms with Gasteiger partial charge in [-0.3, -0.25) is 4.79 Å². The topological polar surface area (TPSA) is 166 Å². The molecule has 19 heavy (non-hydrogen) atoms. The Morgan fingerprint density at radius 1 is 1.53 bits per heavy atom. The number of aromatic nitrogens is 2. The first-order valence-electron chi connectivity index (χ1n) is 5.38. The number of aliphatic hydroxyl groups excluding tert-OH is 3. The first kappa shape index (κ1) is 13.5. The molecule has 1 aromatic rings. The van der Waals surface area contributed by atoms with Gasteiger partial charge in [-0.2, -0.15) is 4.73 Å². The molecule has 1 aromatic heterocycles. The van der Waals surface area contributed by atoms with Crippen molar-refractivity contribution in [3.63, 3.8) is 0 Å². The van der Waals surface area contributed by atoms with Gasteiger partial charge in [0.15, 0.2) is 11.5 Å². The van der Waals surface area contributed by atoms with Crippen molar-refractivity contribution in [1.29, 1.82) is 0 Å². The van der Waals surface area contributed by atoms with Crippen LogP contribution in [0.1, 0.15) is 10.5 Å². The van der Waals surface area contributed by atoms with Crippen LogP contribution in [0.15, 0.2) is 6.33 Å². The first-order chi connectivity index (χ1) is 8.95. The van der Waals surface area contributed by atoms with Gasteiger partial charge in [0.1, 0.15) is 24.6 Å². The Labute approximate surface area is 107 Å². The second-order valence-corrected chi connectivity index (χ2v) is 3.98. The molecule has 1 saturated heterocycles. The smallest absolute Gasteiger partial charge is 0.271 e. The lowest BCUT2D eigenvalue weighted by atomic mass is 10.1. The van der Waals surface area contributed by atoms with E-state index in [1.807, 2.05) is 0 Å². The largest absolute Gasteiger partial charge is 0.394 e. The maximum atomic E-state index is 10.9. The second kappa shape index (κ2) is 5.01. The molecule has 10 nitrogen and oxygen atoms in total. The van der Waals surface area contributed by atoms with Crippen LogP contribution in [0.2, 0.25) is 0 Å². The van der Waals surface area contributed by atoms with E-state index >= 15 is 0 Å². The quantitative estimate of drug-likeness (QED) is 0.376. The highest BCUT2D eigenvalue weighted by molar-refractivity contribution is 5.95. The molecule has 106 valence electrons. The highest BCUT2D eigenvalue weighted by Crippen LogP contribution is 2.21. The van der Waals surface area contributed by atoms with Crippen LogP contribution in [0.25, 0.3) is 0 Å². The zero-order valence-electron chi connectivity index (χ0n) is 9.71. The monoisotopic (exact) mass is 274 g/mol. The molecule has 2 heterocycles. The molecule has 4 atom stereocenters. The average Bonchev–Trinajstić information content (AvgIpc) is 2.85. The molecule has 7 N–H and O–H groups in total. The minimum atomic E-state index is -1.38. The summed E-state index contributed by atoms with van der Waals surface area (Å²) in [6, 6.07) is 0. The summed E-state index contributed by atoms with van der Waals surface area (Å²) in [5.41, 5.74) is 10.4. The Hall–Kier alpha value is -1.88. The molecule has 0 aliphatic carbocycles. The Balaban J connectivity index is 2.12. The van der Waals surface area contributed by atoms with Gasteiger partial charge in [0.25, 0.3) is 12.2 Å². The van der Waals surface area contributed by atoms with E-state index in [-0.39, 0.29) is 11.5 Å². The zero-order valence-corrected chi connectivity index (χ0v) is 9.71. The lowest BCUT2D eigenvalue weighted by molar-refractivity contribution is -0.169. The number of rotatable bonds is 4. The van der Waals surface area contributed by atoms with Crippen molar-refractivity contribution < 1.29 is 29.7 Å². The van der Waals surface area contributed by atoms with E-state index in [0.29, 0.717) is 0 Å². The van der Waals surface area contributed by atoms with Crippen LogP contribution in [0.4, 0.5) is 5.82 Å². The minimum absolute atomic E-state index is 0.162. The Kier molecular flexibility index (Phi) is 3.57. The van der Waals surface area contributed by atoms with E-state index < -0.39 is 37.1 Å². The number of nitrogens with zero attached hydrogens (tertiary/aromatic N) is 2. The predicted octanol–water partition coefficient (Wildman–Crippen LogP) is -3.57. The van der Waals surface area contributed by atoms with Gasteiger partial charge in [0, 0.05) is 0 Å². The molecule has 10 heteroatoms. The number of nitrogens with two attached hydrogens (primary N) is 2. The number of anilines is 1. The van der Waals surface area contributed by atoms with Crippen LogP contribution in [0.3, 0.4) is 0 Å². The number of hydrogen-bond acceptors (Lipinski definition) is 8. The van der Waals surface area contributed by atoms with Crippen LogP contribution in [0, 0.1) is 0 Å². The summed E-state index contributed by atoms with van der Waals surface area (Å²) in [7, 11) is 0. The van der Waals surface area contributed by atoms with Gasteiger partial charge in [-0.15, -0.1) is 0 Å². The number of aliphatic hydroxyl groups is 3. The molecule has 0 bridgehead atoms. The molecule has 1 amide bonds. The van der Waals surface area contributed by atoms with Gasteiger partial charge in [-0.1, -0.05) is 0 Å². The maximum absolute atomic E-state index is 10.9. The molecular formula is C9H14N4O6. The van der Waals surface area contributed by atoms with E-state index in [1.165, 1.54) is 0 Å². The summed E-state index contributed by atoms with van der Waals surface area (Å²) in [5, 5.41) is 28.1. The lowest BCUT2D eigenvalue weighted by Crippen LogP contribution is -2.38. The fourth-order valence-electron chi connectivity index (χ4n) is 1.68. The van der Waals surface area contributed by atoms with Gasteiger partial charge < -0.3 is 36.4 Å². The van der Waals surface area contributed by atoms with Crippen LogP contribution >= 0.6 is 0 Å². The molecule has 1 aliphatic rings. The van der Waals surface area contributed by atoms with E-state index in [0.717, 1.165) is 11.1 Å². The number of ether oxygens (including phenoxy) is 1. The number of nitrogen functional groups attached to an aromatic ring is 1. The summed E-state index contributed by atoms with van der Waals surface area (Å²) in [6.45, 7) is -0.482. The van der Waals surface area contributed by atoms with Crippen LogP contribution in [-0.4, -0.2) is 62.1 Å². The Morgan fingerprint density at radius 3 is 2.68 bits per heavy atom. The van der Waals surface area contributed by atoms with Gasteiger partial charge in [0.05, 0.1) is 6.61 Å². The summed E-state index contributed by atoms with van der Waals surface area (Å²) >= 11 is 0. The number of hydrogen-bond donors (Lipinski definition) is 5. The van der Waals surface area contributed by atoms with E-state index in [9.17, 15) is 15.0 Å². The van der Waals surface area contributed by atoms with E-state index in [2.05, 4.69) is 4.98 Å². The summed E-state index contributed by atoms with van der Waals surface area (Å²) in [4.78, 5) is 19.7. The molecule has 0 saturated carbocycles. The number of imidazole rings is 1. The van der Waals surface area contributed by atoms with Crippen LogP contribution in [0.5, 0.6) is 0 Å². The third-order valence-electron chi connectivity index (χ3n) is 2.72. The molecule has 0 unspecified atom stereocenters. The van der Waals surface area contributed by atoms with E-state index in [1.54, 1.807) is 0 Å². The second-order valence-electron chi connectivity index (χ2n) is 3.98. The highest BCUT2D eigenvalue weighted by Gasteiger charge is 2.44. The molecule has 0 aromatic carbocycles. The van der Waals surface area contributed by atoms with Gasteiger partial charge in [-0.25, -0.2) is 4.98 Å². The van der Waals surface area contributed by atoms with E-state index in [4.69, 9.17) is 26.1 Å². The summed E-state index contributed by atoms with van der Waals surface area (Å²) < 4.78 is 5.96. The van der Waals surface area contributed by atoms with Crippen LogP contribution in [-0.2, 0) is 4.74 Å². The molecule has 0 radical (unpaired) electrons. The molecule has 1 fully saturated rings. The van der Waals surface area contributed by atoms with Gasteiger partial charge >= 0.3 is 0 Å². The number of carbonyl (C=O) groups excluding carboxylic acids is 1. The fraction of sp³-hybridized carbons (Fsp3) is 0.556. The van der Waals surface area contributed by atoms with Crippen molar-refractivity contribution >= 4 is 11.7 Å². The average molecular weight is 274 g/mol. The number of amides is 1. The minimum Gasteiger partial charge on any atom is -0.394 e. The summed E-state index contributed by atoms with van der Waals surface area (Å²) in [6.07, 6.45) is -3.83. The highest BCUT2D eigenvalue weighted by atomic mass is 16.8. The summed E-state index contributed by atoms with van der Waals surface area (Å²) in [5.74, 6) is -0.994. The third kappa shape index (κ3) is 2.33. The molecule has 1 aliphatic heterocycles. The maximum Gasteiger partial charge on any atom is 0.271 e. The Morgan fingerprint density at radius 2 is 2.21 bits per heavy atom. The number of carbonyl (C=O) groups is 1. The lowest BCUT2D eigenvalue weighted by Gasteiger charge is -2.17.